The smallest absolute Gasteiger partial charge is 0.257 e. The fourth-order valence-corrected chi connectivity index (χ4v) is 1.84. The molecule has 0 spiro atoms. The van der Waals surface area contributed by atoms with Crippen LogP contribution >= 0.6 is 0 Å². The highest BCUT2D eigenvalue weighted by Gasteiger charge is 2.31. The molecule has 1 fully saturated rings. The van der Waals surface area contributed by atoms with Gasteiger partial charge in [0.15, 0.2) is 0 Å². The average Bonchev–Trinajstić information content (AvgIpc) is 2.73. The summed E-state index contributed by atoms with van der Waals surface area (Å²) in [6, 6.07) is 1.74. The van der Waals surface area contributed by atoms with E-state index in [9.17, 15) is 9.90 Å². The van der Waals surface area contributed by atoms with Gasteiger partial charge in [-0.25, -0.2) is 0 Å². The Bertz CT molecular complexity index is 320. The molecule has 1 aliphatic heterocycles. The predicted molar refractivity (Wildman–Crippen MR) is 49.8 cm³/mol. The topological polar surface area (TPSA) is 53.7 Å². The standard InChI is InChI=1S/C10H13NO3/c1-7-4-9(12)5-11(7)10(13)8-2-3-14-6-8/h2-3,6-7,9,12H,4-5H2,1H3. The number of rotatable bonds is 1. The van der Waals surface area contributed by atoms with Crippen molar-refractivity contribution in [1.29, 1.82) is 0 Å². The molecule has 0 saturated carbocycles. The van der Waals surface area contributed by atoms with Gasteiger partial charge in [0.25, 0.3) is 5.91 Å². The highest BCUT2D eigenvalue weighted by molar-refractivity contribution is 5.94. The van der Waals surface area contributed by atoms with Crippen LogP contribution in [0.4, 0.5) is 0 Å². The first-order chi connectivity index (χ1) is 6.68. The van der Waals surface area contributed by atoms with Crippen molar-refractivity contribution in [1.82, 2.24) is 4.90 Å². The number of nitrogens with zero attached hydrogens (tertiary/aromatic N) is 1. The summed E-state index contributed by atoms with van der Waals surface area (Å²) < 4.78 is 4.85. The maximum Gasteiger partial charge on any atom is 0.257 e. The Morgan fingerprint density at radius 2 is 2.50 bits per heavy atom. The van der Waals surface area contributed by atoms with E-state index in [2.05, 4.69) is 0 Å². The van der Waals surface area contributed by atoms with Crippen LogP contribution in [0.1, 0.15) is 23.7 Å². The molecule has 0 aromatic carbocycles. The number of carbonyl (C=O) groups is 1. The van der Waals surface area contributed by atoms with Crippen LogP contribution in [0.2, 0.25) is 0 Å². The molecule has 14 heavy (non-hydrogen) atoms. The number of aliphatic hydroxyl groups is 1. The fourth-order valence-electron chi connectivity index (χ4n) is 1.84. The average molecular weight is 195 g/mol. The molecule has 0 bridgehead atoms. The Kier molecular flexibility index (Phi) is 2.29. The number of amides is 1. The largest absolute Gasteiger partial charge is 0.472 e. The third-order valence-electron chi connectivity index (χ3n) is 2.58. The van der Waals surface area contributed by atoms with Gasteiger partial charge in [0, 0.05) is 12.6 Å². The zero-order valence-corrected chi connectivity index (χ0v) is 8.01. The van der Waals surface area contributed by atoms with Gasteiger partial charge in [-0.3, -0.25) is 4.79 Å². The van der Waals surface area contributed by atoms with Crippen LogP contribution in [-0.2, 0) is 0 Å². The van der Waals surface area contributed by atoms with E-state index in [1.165, 1.54) is 12.5 Å². The van der Waals surface area contributed by atoms with Crippen molar-refractivity contribution in [2.24, 2.45) is 0 Å². The second-order valence-corrected chi connectivity index (χ2v) is 3.71. The molecule has 0 radical (unpaired) electrons. The van der Waals surface area contributed by atoms with Crippen molar-refractivity contribution in [3.05, 3.63) is 24.2 Å². The van der Waals surface area contributed by atoms with E-state index in [-0.39, 0.29) is 18.1 Å². The Morgan fingerprint density at radius 3 is 3.00 bits per heavy atom. The first-order valence-corrected chi connectivity index (χ1v) is 4.69. The van der Waals surface area contributed by atoms with Crippen molar-refractivity contribution >= 4 is 5.91 Å². The summed E-state index contributed by atoms with van der Waals surface area (Å²) in [6.07, 6.45) is 3.18. The van der Waals surface area contributed by atoms with Crippen LogP contribution in [0.15, 0.2) is 23.0 Å². The van der Waals surface area contributed by atoms with E-state index in [0.717, 1.165) is 0 Å². The van der Waals surface area contributed by atoms with Gasteiger partial charge >= 0.3 is 0 Å². The second kappa shape index (κ2) is 3.46. The normalized spacial score (nSPS) is 26.9. The fraction of sp³-hybridized carbons (Fsp3) is 0.500. The lowest BCUT2D eigenvalue weighted by molar-refractivity contribution is 0.0725. The van der Waals surface area contributed by atoms with Crippen molar-refractivity contribution < 1.29 is 14.3 Å². The molecule has 1 amide bonds. The summed E-state index contributed by atoms with van der Waals surface area (Å²) in [4.78, 5) is 13.5. The van der Waals surface area contributed by atoms with E-state index in [1.54, 1.807) is 11.0 Å². The molecule has 4 heteroatoms. The van der Waals surface area contributed by atoms with Gasteiger partial charge in [-0.05, 0) is 19.4 Å². The van der Waals surface area contributed by atoms with Gasteiger partial charge < -0.3 is 14.4 Å². The van der Waals surface area contributed by atoms with Crippen LogP contribution in [0, 0.1) is 0 Å². The number of aliphatic hydroxyl groups excluding tert-OH is 1. The first kappa shape index (κ1) is 9.27. The lowest BCUT2D eigenvalue weighted by Gasteiger charge is -2.19. The van der Waals surface area contributed by atoms with Gasteiger partial charge in [-0.1, -0.05) is 0 Å². The third kappa shape index (κ3) is 1.53. The molecular weight excluding hydrogens is 182 g/mol. The van der Waals surface area contributed by atoms with Crippen LogP contribution < -0.4 is 0 Å². The van der Waals surface area contributed by atoms with E-state index < -0.39 is 0 Å². The number of furan rings is 1. The van der Waals surface area contributed by atoms with Crippen LogP contribution in [-0.4, -0.2) is 34.6 Å². The zero-order chi connectivity index (χ0) is 10.1. The molecule has 2 rings (SSSR count). The predicted octanol–water partition coefficient (Wildman–Crippen LogP) is 0.875. The highest BCUT2D eigenvalue weighted by atomic mass is 16.3. The number of hydrogen-bond donors (Lipinski definition) is 1. The number of likely N-dealkylation sites (tertiary alicyclic amines) is 1. The summed E-state index contributed by atoms with van der Waals surface area (Å²) in [7, 11) is 0. The Balaban J connectivity index is 2.13. The molecule has 0 aliphatic carbocycles. The van der Waals surface area contributed by atoms with Gasteiger partial charge in [0.2, 0.25) is 0 Å². The minimum absolute atomic E-state index is 0.0669. The second-order valence-electron chi connectivity index (χ2n) is 3.71. The molecule has 76 valence electrons. The van der Waals surface area contributed by atoms with Crippen LogP contribution in [0.3, 0.4) is 0 Å². The van der Waals surface area contributed by atoms with Crippen LogP contribution in [0.5, 0.6) is 0 Å². The molecule has 1 saturated heterocycles. The third-order valence-corrected chi connectivity index (χ3v) is 2.58. The quantitative estimate of drug-likeness (QED) is 0.723. The molecule has 1 aliphatic rings. The van der Waals surface area contributed by atoms with E-state index in [4.69, 9.17) is 4.42 Å². The molecule has 1 aromatic rings. The monoisotopic (exact) mass is 195 g/mol. The van der Waals surface area contributed by atoms with E-state index in [0.29, 0.717) is 18.5 Å². The van der Waals surface area contributed by atoms with Gasteiger partial charge in [-0.2, -0.15) is 0 Å². The molecule has 2 unspecified atom stereocenters. The van der Waals surface area contributed by atoms with Crippen molar-refractivity contribution in [2.75, 3.05) is 6.54 Å². The molecule has 1 N–H and O–H groups in total. The van der Waals surface area contributed by atoms with Gasteiger partial charge in [0.05, 0.1) is 17.9 Å². The molecule has 2 atom stereocenters. The zero-order valence-electron chi connectivity index (χ0n) is 8.01. The Hall–Kier alpha value is -1.29. The van der Waals surface area contributed by atoms with E-state index in [1.807, 2.05) is 6.92 Å². The van der Waals surface area contributed by atoms with Crippen molar-refractivity contribution in [2.45, 2.75) is 25.5 Å². The van der Waals surface area contributed by atoms with Gasteiger partial charge in [-0.15, -0.1) is 0 Å². The molecule has 2 heterocycles. The van der Waals surface area contributed by atoms with Crippen LogP contribution in [0.25, 0.3) is 0 Å². The first-order valence-electron chi connectivity index (χ1n) is 4.69. The minimum Gasteiger partial charge on any atom is -0.472 e. The SMILES string of the molecule is CC1CC(O)CN1C(=O)c1ccoc1. The van der Waals surface area contributed by atoms with Crippen molar-refractivity contribution in [3.63, 3.8) is 0 Å². The molecule has 4 nitrogen and oxygen atoms in total. The number of carbonyl (C=O) groups excluding carboxylic acids is 1. The minimum atomic E-state index is -0.388. The summed E-state index contributed by atoms with van der Waals surface area (Å²) in [5, 5.41) is 9.40. The Morgan fingerprint density at radius 1 is 1.71 bits per heavy atom. The Labute approximate surface area is 82.1 Å². The molecular formula is C10H13NO3. The summed E-state index contributed by atoms with van der Waals surface area (Å²) in [6.45, 7) is 2.36. The van der Waals surface area contributed by atoms with Crippen molar-refractivity contribution in [3.8, 4) is 0 Å². The summed E-state index contributed by atoms with van der Waals surface area (Å²) in [5.74, 6) is -0.0669. The summed E-state index contributed by atoms with van der Waals surface area (Å²) in [5.41, 5.74) is 0.547. The maximum absolute atomic E-state index is 11.8. The number of β-amino-alcohol motifs (C(OH)–C–C–N with tert-alkyl or cyclic N) is 1. The lowest BCUT2D eigenvalue weighted by Crippen LogP contribution is -2.34. The summed E-state index contributed by atoms with van der Waals surface area (Å²) >= 11 is 0. The van der Waals surface area contributed by atoms with E-state index >= 15 is 0 Å². The lowest BCUT2D eigenvalue weighted by atomic mass is 10.2. The maximum atomic E-state index is 11.8. The van der Waals surface area contributed by atoms with Gasteiger partial charge in [0.1, 0.15) is 6.26 Å². The molecule has 1 aromatic heterocycles. The highest BCUT2D eigenvalue weighted by Crippen LogP contribution is 2.20. The number of hydrogen-bond acceptors (Lipinski definition) is 3.